The summed E-state index contributed by atoms with van der Waals surface area (Å²) in [6, 6.07) is 7.19. The zero-order chi connectivity index (χ0) is 10.5. The molecule has 0 atom stereocenters. The van der Waals surface area contributed by atoms with Crippen LogP contribution in [-0.2, 0) is 0 Å². The molecule has 13 heavy (non-hydrogen) atoms. The van der Waals surface area contributed by atoms with Crippen molar-refractivity contribution in [3.8, 4) is 0 Å². The van der Waals surface area contributed by atoms with Gasteiger partial charge in [-0.25, -0.2) is 0 Å². The fraction of sp³-hybridized carbons (Fsp3) is 0.250. The topological polar surface area (TPSA) is 0 Å². The first kappa shape index (κ1) is 13.7. The van der Waals surface area contributed by atoms with E-state index in [1.807, 2.05) is 12.1 Å². The van der Waals surface area contributed by atoms with Crippen LogP contribution in [0.3, 0.4) is 0 Å². The van der Waals surface area contributed by atoms with E-state index < -0.39 is 3.79 Å². The molecule has 0 radical (unpaired) electrons. The predicted octanol–water partition coefficient (Wildman–Crippen LogP) is 5.37. The van der Waals surface area contributed by atoms with Gasteiger partial charge in [-0.2, -0.15) is 0 Å². The summed E-state index contributed by atoms with van der Waals surface area (Å²) in [7, 11) is 0. The van der Waals surface area contributed by atoms with Gasteiger partial charge in [0.05, 0.1) is 10.0 Å². The standard InChI is InChI=1S/C6H4Cl2.C2H3Cl3/c7-5-3-1-2-4-6(5)8;1-2(3,4)5/h1-4H;1H3. The van der Waals surface area contributed by atoms with Gasteiger partial charge in [0.2, 0.25) is 0 Å². The molecule has 0 saturated carbocycles. The minimum Gasteiger partial charge on any atom is -0.0840 e. The fourth-order valence-corrected chi connectivity index (χ4v) is 0.711. The second kappa shape index (κ2) is 6.21. The Balaban J connectivity index is 0.000000252. The predicted molar refractivity (Wildman–Crippen MR) is 62.4 cm³/mol. The van der Waals surface area contributed by atoms with E-state index in [1.54, 1.807) is 12.1 Å². The summed E-state index contributed by atoms with van der Waals surface area (Å²) in [6.45, 7) is 1.48. The molecule has 0 fully saturated rings. The number of benzene rings is 1. The highest BCUT2D eigenvalue weighted by molar-refractivity contribution is 6.67. The van der Waals surface area contributed by atoms with Crippen molar-refractivity contribution in [3.63, 3.8) is 0 Å². The molecule has 1 aromatic rings. The van der Waals surface area contributed by atoms with Crippen LogP contribution in [0.15, 0.2) is 24.3 Å². The Labute approximate surface area is 103 Å². The molecule has 0 bridgehead atoms. The van der Waals surface area contributed by atoms with Crippen LogP contribution in [0.2, 0.25) is 10.0 Å². The summed E-state index contributed by atoms with van der Waals surface area (Å²) < 4.78 is -1.08. The first-order chi connectivity index (χ1) is 5.80. The Morgan fingerprint density at radius 3 is 1.31 bits per heavy atom. The molecule has 0 aliphatic carbocycles. The van der Waals surface area contributed by atoms with Crippen LogP contribution in [0.25, 0.3) is 0 Å². The van der Waals surface area contributed by atoms with Gasteiger partial charge in [0.1, 0.15) is 0 Å². The lowest BCUT2D eigenvalue weighted by Gasteiger charge is -1.94. The molecule has 0 aromatic heterocycles. The maximum atomic E-state index is 5.58. The first-order valence-corrected chi connectivity index (χ1v) is 5.16. The second-order valence-corrected chi connectivity index (χ2v) is 5.86. The van der Waals surface area contributed by atoms with Gasteiger partial charge in [0.15, 0.2) is 3.79 Å². The normalized spacial score (nSPS) is 10.3. The number of hydrogen-bond acceptors (Lipinski definition) is 0. The molecular formula is C8H7Cl5. The van der Waals surface area contributed by atoms with Gasteiger partial charge in [0, 0.05) is 0 Å². The maximum absolute atomic E-state index is 5.58. The largest absolute Gasteiger partial charge is 0.187 e. The summed E-state index contributed by atoms with van der Waals surface area (Å²) in [4.78, 5) is 0. The molecule has 0 aliphatic rings. The average Bonchev–Trinajstić information content (AvgIpc) is 1.92. The van der Waals surface area contributed by atoms with Gasteiger partial charge >= 0.3 is 0 Å². The lowest BCUT2D eigenvalue weighted by molar-refractivity contribution is 1.27. The molecule has 0 nitrogen and oxygen atoms in total. The summed E-state index contributed by atoms with van der Waals surface area (Å²) in [6.07, 6.45) is 0. The zero-order valence-electron chi connectivity index (χ0n) is 6.70. The highest BCUT2D eigenvalue weighted by Gasteiger charge is 2.07. The second-order valence-electron chi connectivity index (χ2n) is 2.20. The Kier molecular flexibility index (Phi) is 6.53. The van der Waals surface area contributed by atoms with Gasteiger partial charge in [-0.1, -0.05) is 70.1 Å². The van der Waals surface area contributed by atoms with E-state index in [0.29, 0.717) is 10.0 Å². The van der Waals surface area contributed by atoms with Crippen molar-refractivity contribution in [2.24, 2.45) is 0 Å². The van der Waals surface area contributed by atoms with E-state index in [0.717, 1.165) is 0 Å². The van der Waals surface area contributed by atoms with Gasteiger partial charge in [-0.15, -0.1) is 0 Å². The molecular weight excluding hydrogens is 273 g/mol. The average molecular weight is 280 g/mol. The van der Waals surface area contributed by atoms with Crippen molar-refractivity contribution in [1.29, 1.82) is 0 Å². The minimum absolute atomic E-state index is 0.606. The van der Waals surface area contributed by atoms with E-state index in [1.165, 1.54) is 6.92 Å². The van der Waals surface area contributed by atoms with Gasteiger partial charge in [-0.3, -0.25) is 0 Å². The Hall–Kier alpha value is 0.670. The van der Waals surface area contributed by atoms with Crippen LogP contribution < -0.4 is 0 Å². The molecule has 74 valence electrons. The van der Waals surface area contributed by atoms with E-state index in [2.05, 4.69) is 0 Å². The highest BCUT2D eigenvalue weighted by Crippen LogP contribution is 2.23. The van der Waals surface area contributed by atoms with Crippen LogP contribution in [0.5, 0.6) is 0 Å². The van der Waals surface area contributed by atoms with Crippen LogP contribution in [0, 0.1) is 0 Å². The first-order valence-electron chi connectivity index (χ1n) is 3.27. The van der Waals surface area contributed by atoms with Crippen LogP contribution >= 0.6 is 58.0 Å². The number of rotatable bonds is 0. The molecule has 0 amide bonds. The van der Waals surface area contributed by atoms with Gasteiger partial charge in [0.25, 0.3) is 0 Å². The third-order valence-electron chi connectivity index (χ3n) is 0.824. The van der Waals surface area contributed by atoms with Crippen molar-refractivity contribution >= 4 is 58.0 Å². The number of hydrogen-bond donors (Lipinski definition) is 0. The van der Waals surface area contributed by atoms with Crippen molar-refractivity contribution < 1.29 is 0 Å². The molecule has 0 saturated heterocycles. The SMILES string of the molecule is CC(Cl)(Cl)Cl.Clc1ccccc1Cl. The number of halogens is 5. The van der Waals surface area contributed by atoms with Crippen LogP contribution in [0.4, 0.5) is 0 Å². The van der Waals surface area contributed by atoms with Crippen LogP contribution in [0.1, 0.15) is 6.92 Å². The van der Waals surface area contributed by atoms with E-state index in [-0.39, 0.29) is 0 Å². The summed E-state index contributed by atoms with van der Waals surface area (Å²) in [5, 5.41) is 1.21. The van der Waals surface area contributed by atoms with Crippen molar-refractivity contribution in [2.75, 3.05) is 0 Å². The van der Waals surface area contributed by atoms with Crippen molar-refractivity contribution in [1.82, 2.24) is 0 Å². The lowest BCUT2D eigenvalue weighted by Crippen LogP contribution is -1.87. The minimum atomic E-state index is -1.08. The molecule has 0 spiro atoms. The Bertz CT molecular complexity index is 226. The third kappa shape index (κ3) is 10.6. The Morgan fingerprint density at radius 1 is 0.923 bits per heavy atom. The molecule has 1 rings (SSSR count). The molecule has 1 aromatic carbocycles. The van der Waals surface area contributed by atoms with Gasteiger partial charge in [-0.05, 0) is 19.1 Å². The Morgan fingerprint density at radius 2 is 1.15 bits per heavy atom. The smallest absolute Gasteiger partial charge is 0.0840 e. The molecule has 0 N–H and O–H groups in total. The third-order valence-corrected chi connectivity index (χ3v) is 1.58. The highest BCUT2D eigenvalue weighted by atomic mass is 35.6. The van der Waals surface area contributed by atoms with Gasteiger partial charge < -0.3 is 0 Å². The summed E-state index contributed by atoms with van der Waals surface area (Å²) >= 11 is 26.3. The number of alkyl halides is 3. The van der Waals surface area contributed by atoms with E-state index in [4.69, 9.17) is 58.0 Å². The quantitative estimate of drug-likeness (QED) is 0.560. The molecule has 0 aliphatic heterocycles. The summed E-state index contributed by atoms with van der Waals surface area (Å²) in [5.41, 5.74) is 0. The summed E-state index contributed by atoms with van der Waals surface area (Å²) in [5.74, 6) is 0. The van der Waals surface area contributed by atoms with Crippen LogP contribution in [-0.4, -0.2) is 3.79 Å². The van der Waals surface area contributed by atoms with Crippen molar-refractivity contribution in [3.05, 3.63) is 34.3 Å². The zero-order valence-corrected chi connectivity index (χ0v) is 10.5. The fourth-order valence-electron chi connectivity index (χ4n) is 0.439. The molecule has 0 heterocycles. The maximum Gasteiger partial charge on any atom is 0.187 e. The monoisotopic (exact) mass is 278 g/mol. The molecule has 5 heteroatoms. The van der Waals surface area contributed by atoms with Crippen molar-refractivity contribution in [2.45, 2.75) is 10.7 Å². The van der Waals surface area contributed by atoms with E-state index >= 15 is 0 Å². The molecule has 0 unspecified atom stereocenters. The lowest BCUT2D eigenvalue weighted by atomic mass is 10.4. The van der Waals surface area contributed by atoms with E-state index in [9.17, 15) is 0 Å².